The van der Waals surface area contributed by atoms with Crippen LogP contribution in [0.4, 0.5) is 0 Å². The van der Waals surface area contributed by atoms with E-state index in [0.29, 0.717) is 6.04 Å². The molecule has 0 spiro atoms. The predicted molar refractivity (Wildman–Crippen MR) is 105 cm³/mol. The molecule has 1 saturated heterocycles. The summed E-state index contributed by atoms with van der Waals surface area (Å²) in [5.74, 6) is 0.0104. The average molecular weight is 388 g/mol. The van der Waals surface area contributed by atoms with Crippen molar-refractivity contribution in [3.05, 3.63) is 40.9 Å². The van der Waals surface area contributed by atoms with Crippen molar-refractivity contribution >= 4 is 42.1 Å². The number of hydrogen-bond donors (Lipinski definition) is 2. The molecule has 0 bridgehead atoms. The minimum absolute atomic E-state index is 0. The monoisotopic (exact) mass is 387 g/mol. The number of aryl methyl sites for hydroxylation is 1. The van der Waals surface area contributed by atoms with Gasteiger partial charge in [-0.25, -0.2) is 4.98 Å². The van der Waals surface area contributed by atoms with E-state index < -0.39 is 0 Å². The molecule has 2 aromatic rings. The fraction of sp³-hybridized carbons (Fsp3) is 0.412. The van der Waals surface area contributed by atoms with Gasteiger partial charge in [0.15, 0.2) is 0 Å². The van der Waals surface area contributed by atoms with E-state index in [1.54, 1.807) is 0 Å². The first-order chi connectivity index (χ1) is 10.6. The van der Waals surface area contributed by atoms with Gasteiger partial charge in [-0.1, -0.05) is 30.3 Å². The molecule has 2 unspecified atom stereocenters. The van der Waals surface area contributed by atoms with Crippen LogP contribution in [0, 0.1) is 6.92 Å². The summed E-state index contributed by atoms with van der Waals surface area (Å²) in [4.78, 5) is 17.8. The van der Waals surface area contributed by atoms with E-state index in [4.69, 9.17) is 0 Å². The van der Waals surface area contributed by atoms with E-state index in [9.17, 15) is 4.79 Å². The molecule has 2 atom stereocenters. The Morgan fingerprint density at radius 3 is 2.67 bits per heavy atom. The molecule has 132 valence electrons. The maximum atomic E-state index is 12.5. The molecule has 3 rings (SSSR count). The summed E-state index contributed by atoms with van der Waals surface area (Å²) in [7, 11) is 0. The van der Waals surface area contributed by atoms with Crippen LogP contribution in [0.1, 0.15) is 35.1 Å². The van der Waals surface area contributed by atoms with Crippen LogP contribution in [0.5, 0.6) is 0 Å². The number of halogens is 2. The number of carbonyl (C=O) groups is 1. The van der Waals surface area contributed by atoms with Crippen molar-refractivity contribution in [1.82, 2.24) is 15.6 Å². The molecule has 1 aromatic carbocycles. The summed E-state index contributed by atoms with van der Waals surface area (Å²) in [6.07, 6.45) is 1.97. The molecule has 2 N–H and O–H groups in total. The molecular formula is C17H23Cl2N3OS. The van der Waals surface area contributed by atoms with Gasteiger partial charge in [0.25, 0.3) is 5.91 Å². The van der Waals surface area contributed by atoms with Gasteiger partial charge in [0.2, 0.25) is 0 Å². The molecular weight excluding hydrogens is 365 g/mol. The molecule has 0 radical (unpaired) electrons. The van der Waals surface area contributed by atoms with E-state index in [1.807, 2.05) is 37.3 Å². The number of nitrogens with one attached hydrogen (secondary N) is 2. The summed E-state index contributed by atoms with van der Waals surface area (Å²) in [6, 6.07) is 10.7. The van der Waals surface area contributed by atoms with Crippen LogP contribution in [0.25, 0.3) is 10.6 Å². The molecule has 1 aliphatic heterocycles. The minimum atomic E-state index is 0. The van der Waals surface area contributed by atoms with Crippen molar-refractivity contribution in [2.24, 2.45) is 0 Å². The van der Waals surface area contributed by atoms with Crippen LogP contribution in [-0.2, 0) is 0 Å². The predicted octanol–water partition coefficient (Wildman–Crippen LogP) is 3.83. The zero-order valence-electron chi connectivity index (χ0n) is 13.7. The summed E-state index contributed by atoms with van der Waals surface area (Å²) in [5.41, 5.74) is 1.87. The molecule has 24 heavy (non-hydrogen) atoms. The fourth-order valence-corrected chi connectivity index (χ4v) is 3.80. The average Bonchev–Trinajstić information content (AvgIpc) is 2.90. The van der Waals surface area contributed by atoms with Gasteiger partial charge in [0, 0.05) is 17.6 Å². The molecule has 2 heterocycles. The zero-order valence-corrected chi connectivity index (χ0v) is 16.2. The third-order valence-electron chi connectivity index (χ3n) is 3.98. The summed E-state index contributed by atoms with van der Waals surface area (Å²) >= 11 is 1.47. The molecule has 1 aromatic heterocycles. The molecule has 0 aliphatic carbocycles. The summed E-state index contributed by atoms with van der Waals surface area (Å²) < 4.78 is 0. The Hall–Kier alpha value is -1.14. The first-order valence-corrected chi connectivity index (χ1v) is 8.52. The Labute approximate surface area is 159 Å². The zero-order chi connectivity index (χ0) is 15.5. The number of thiazole rings is 1. The molecule has 1 fully saturated rings. The van der Waals surface area contributed by atoms with Gasteiger partial charge >= 0.3 is 0 Å². The van der Waals surface area contributed by atoms with Crippen LogP contribution >= 0.6 is 36.2 Å². The van der Waals surface area contributed by atoms with Crippen LogP contribution in [-0.4, -0.2) is 29.5 Å². The van der Waals surface area contributed by atoms with Crippen molar-refractivity contribution in [3.63, 3.8) is 0 Å². The number of piperidine rings is 1. The number of hydrogen-bond acceptors (Lipinski definition) is 4. The lowest BCUT2D eigenvalue weighted by atomic mass is 10.0. The minimum Gasteiger partial charge on any atom is -0.348 e. The van der Waals surface area contributed by atoms with Gasteiger partial charge in [0.05, 0.1) is 5.69 Å². The van der Waals surface area contributed by atoms with Crippen LogP contribution < -0.4 is 10.6 Å². The lowest BCUT2D eigenvalue weighted by molar-refractivity contribution is 0.0929. The second-order valence-corrected chi connectivity index (χ2v) is 6.85. The highest BCUT2D eigenvalue weighted by molar-refractivity contribution is 7.17. The Balaban J connectivity index is 0.00000144. The number of aromatic nitrogens is 1. The highest BCUT2D eigenvalue weighted by atomic mass is 35.5. The van der Waals surface area contributed by atoms with Crippen molar-refractivity contribution in [1.29, 1.82) is 0 Å². The lowest BCUT2D eigenvalue weighted by Crippen LogP contribution is -2.46. The molecule has 7 heteroatoms. The Kier molecular flexibility index (Phi) is 8.16. The first-order valence-electron chi connectivity index (χ1n) is 7.70. The smallest absolute Gasteiger partial charge is 0.263 e. The number of rotatable bonds is 3. The number of benzene rings is 1. The van der Waals surface area contributed by atoms with E-state index in [1.165, 1.54) is 11.3 Å². The topological polar surface area (TPSA) is 54.0 Å². The van der Waals surface area contributed by atoms with E-state index >= 15 is 0 Å². The Morgan fingerprint density at radius 1 is 1.29 bits per heavy atom. The van der Waals surface area contributed by atoms with Gasteiger partial charge in [-0.05, 0) is 33.2 Å². The first kappa shape index (κ1) is 20.9. The summed E-state index contributed by atoms with van der Waals surface area (Å²) in [5, 5.41) is 7.47. The van der Waals surface area contributed by atoms with Crippen molar-refractivity contribution in [3.8, 4) is 10.6 Å². The standard InChI is InChI=1S/C17H21N3OS.2ClH/c1-11-10-14(8-9-18-11)20-16(21)15-12(2)19-17(22-15)13-6-4-3-5-7-13;;/h3-7,11,14,18H,8-10H2,1-2H3,(H,20,21);2*1H. The third-order valence-corrected chi connectivity index (χ3v) is 5.19. The molecule has 1 aliphatic rings. The van der Waals surface area contributed by atoms with Crippen molar-refractivity contribution in [2.45, 2.75) is 38.8 Å². The van der Waals surface area contributed by atoms with E-state index in [2.05, 4.69) is 22.5 Å². The third kappa shape index (κ3) is 4.93. The maximum absolute atomic E-state index is 12.5. The second-order valence-electron chi connectivity index (χ2n) is 5.85. The van der Waals surface area contributed by atoms with Gasteiger partial charge in [-0.2, -0.15) is 0 Å². The highest BCUT2D eigenvalue weighted by Crippen LogP contribution is 2.27. The number of nitrogens with zero attached hydrogens (tertiary/aromatic N) is 1. The quantitative estimate of drug-likeness (QED) is 0.840. The largest absolute Gasteiger partial charge is 0.348 e. The van der Waals surface area contributed by atoms with Gasteiger partial charge in [-0.15, -0.1) is 36.2 Å². The van der Waals surface area contributed by atoms with Gasteiger partial charge < -0.3 is 10.6 Å². The molecule has 1 amide bonds. The Morgan fingerprint density at radius 2 is 2.00 bits per heavy atom. The van der Waals surface area contributed by atoms with Crippen LogP contribution in [0.2, 0.25) is 0 Å². The van der Waals surface area contributed by atoms with Crippen LogP contribution in [0.3, 0.4) is 0 Å². The number of carbonyl (C=O) groups excluding carboxylic acids is 1. The van der Waals surface area contributed by atoms with Crippen molar-refractivity contribution < 1.29 is 4.79 Å². The fourth-order valence-electron chi connectivity index (χ4n) is 2.83. The SMILES string of the molecule is Cc1nc(-c2ccccc2)sc1C(=O)NC1CCNC(C)C1.Cl.Cl. The van der Waals surface area contributed by atoms with Gasteiger partial charge in [-0.3, -0.25) is 4.79 Å². The van der Waals surface area contributed by atoms with Gasteiger partial charge in [0.1, 0.15) is 9.88 Å². The second kappa shape index (κ2) is 9.37. The maximum Gasteiger partial charge on any atom is 0.263 e. The van der Waals surface area contributed by atoms with E-state index in [0.717, 1.165) is 40.5 Å². The van der Waals surface area contributed by atoms with Crippen LogP contribution in [0.15, 0.2) is 30.3 Å². The molecule has 0 saturated carbocycles. The number of amides is 1. The summed E-state index contributed by atoms with van der Waals surface area (Å²) in [6.45, 7) is 5.02. The van der Waals surface area contributed by atoms with E-state index in [-0.39, 0.29) is 36.8 Å². The normalized spacial score (nSPS) is 19.8. The lowest BCUT2D eigenvalue weighted by Gasteiger charge is -2.28. The van der Waals surface area contributed by atoms with Crippen molar-refractivity contribution in [2.75, 3.05) is 6.54 Å². The molecule has 4 nitrogen and oxygen atoms in total. The Bertz CT molecular complexity index is 663. The highest BCUT2D eigenvalue weighted by Gasteiger charge is 2.23.